The van der Waals surface area contributed by atoms with Crippen LogP contribution in [0.15, 0.2) is 30.5 Å². The molecule has 1 fully saturated rings. The van der Waals surface area contributed by atoms with Gasteiger partial charge in [-0.05, 0) is 25.8 Å². The van der Waals surface area contributed by atoms with Crippen molar-refractivity contribution in [3.63, 3.8) is 0 Å². The fourth-order valence-corrected chi connectivity index (χ4v) is 2.53. The second-order valence-corrected chi connectivity index (χ2v) is 4.79. The summed E-state index contributed by atoms with van der Waals surface area (Å²) in [6, 6.07) is 8.87. The minimum Gasteiger partial charge on any atom is -0.368 e. The number of benzene rings is 1. The number of anilines is 1. The van der Waals surface area contributed by atoms with Crippen LogP contribution in [0, 0.1) is 0 Å². The Morgan fingerprint density at radius 3 is 3.17 bits per heavy atom. The highest BCUT2D eigenvalue weighted by Gasteiger charge is 2.13. The largest absolute Gasteiger partial charge is 0.368 e. The van der Waals surface area contributed by atoms with E-state index in [0.717, 1.165) is 29.6 Å². The van der Waals surface area contributed by atoms with Gasteiger partial charge in [0.05, 0.1) is 6.20 Å². The Labute approximate surface area is 107 Å². The highest BCUT2D eigenvalue weighted by Crippen LogP contribution is 2.19. The van der Waals surface area contributed by atoms with Crippen molar-refractivity contribution >= 4 is 16.6 Å². The molecule has 0 amide bonds. The third-order valence-electron chi connectivity index (χ3n) is 3.52. The first kappa shape index (κ1) is 11.4. The van der Waals surface area contributed by atoms with Crippen LogP contribution < -0.4 is 10.6 Å². The molecule has 94 valence electrons. The van der Waals surface area contributed by atoms with Crippen LogP contribution in [0.3, 0.4) is 0 Å². The number of hydrogen-bond acceptors (Lipinski definition) is 4. The van der Waals surface area contributed by atoms with Gasteiger partial charge in [-0.2, -0.15) is 5.10 Å². The highest BCUT2D eigenvalue weighted by atomic mass is 15.2. The van der Waals surface area contributed by atoms with Gasteiger partial charge >= 0.3 is 0 Å². The molecule has 3 rings (SSSR count). The van der Waals surface area contributed by atoms with E-state index in [-0.39, 0.29) is 0 Å². The van der Waals surface area contributed by atoms with Crippen LogP contribution >= 0.6 is 0 Å². The molecule has 0 spiro atoms. The third-order valence-corrected chi connectivity index (χ3v) is 3.52. The molecule has 0 saturated carbocycles. The number of nitrogens with one attached hydrogen (secondary N) is 2. The van der Waals surface area contributed by atoms with E-state index in [1.807, 2.05) is 12.1 Å². The van der Waals surface area contributed by atoms with Gasteiger partial charge in [0.15, 0.2) is 5.82 Å². The lowest BCUT2D eigenvalue weighted by Gasteiger charge is -2.11. The average molecular weight is 242 g/mol. The summed E-state index contributed by atoms with van der Waals surface area (Å²) in [5.74, 6) is 0.895. The molecule has 1 aromatic heterocycles. The molecule has 1 atom stereocenters. The molecule has 4 heteroatoms. The van der Waals surface area contributed by atoms with Gasteiger partial charge in [0.2, 0.25) is 0 Å². The van der Waals surface area contributed by atoms with E-state index in [0.29, 0.717) is 6.04 Å². The Morgan fingerprint density at radius 1 is 1.33 bits per heavy atom. The molecular weight excluding hydrogens is 224 g/mol. The minimum atomic E-state index is 0.667. The molecule has 0 bridgehead atoms. The van der Waals surface area contributed by atoms with Crippen molar-refractivity contribution in [2.75, 3.05) is 18.4 Å². The van der Waals surface area contributed by atoms with Crippen LogP contribution in [-0.2, 0) is 0 Å². The van der Waals surface area contributed by atoms with Gasteiger partial charge in [0.25, 0.3) is 0 Å². The highest BCUT2D eigenvalue weighted by molar-refractivity contribution is 5.90. The number of rotatable bonds is 4. The summed E-state index contributed by atoms with van der Waals surface area (Å²) in [6.07, 6.45) is 5.55. The third kappa shape index (κ3) is 2.43. The summed E-state index contributed by atoms with van der Waals surface area (Å²) in [4.78, 5) is 0. The Bertz CT molecular complexity index is 515. The van der Waals surface area contributed by atoms with Crippen LogP contribution in [-0.4, -0.2) is 29.3 Å². The summed E-state index contributed by atoms with van der Waals surface area (Å²) in [6.45, 7) is 2.11. The molecule has 18 heavy (non-hydrogen) atoms. The summed E-state index contributed by atoms with van der Waals surface area (Å²) in [7, 11) is 0. The van der Waals surface area contributed by atoms with Gasteiger partial charge in [-0.1, -0.05) is 24.3 Å². The van der Waals surface area contributed by atoms with Crippen molar-refractivity contribution in [2.24, 2.45) is 0 Å². The van der Waals surface area contributed by atoms with Gasteiger partial charge in [-0.3, -0.25) is 0 Å². The maximum atomic E-state index is 4.19. The van der Waals surface area contributed by atoms with E-state index in [2.05, 4.69) is 33.0 Å². The molecule has 0 aliphatic carbocycles. The molecule has 1 unspecified atom stereocenters. The Kier molecular flexibility index (Phi) is 3.37. The standard InChI is InChI=1S/C14H18N4/c1-2-6-13-11(4-1)10-17-18-14(13)16-9-7-12-5-3-8-15-12/h1-2,4,6,10,12,15H,3,5,7-9H2,(H,16,18). The zero-order valence-corrected chi connectivity index (χ0v) is 10.4. The molecule has 1 saturated heterocycles. The maximum absolute atomic E-state index is 4.19. The summed E-state index contributed by atoms with van der Waals surface area (Å²) in [5, 5.41) is 17.4. The average Bonchev–Trinajstić information content (AvgIpc) is 2.92. The molecular formula is C14H18N4. The lowest BCUT2D eigenvalue weighted by molar-refractivity contribution is 0.574. The monoisotopic (exact) mass is 242 g/mol. The molecule has 2 aromatic rings. The van der Waals surface area contributed by atoms with E-state index in [4.69, 9.17) is 0 Å². The van der Waals surface area contributed by atoms with Crippen molar-refractivity contribution in [3.8, 4) is 0 Å². The Balaban J connectivity index is 1.66. The summed E-state index contributed by atoms with van der Waals surface area (Å²) < 4.78 is 0. The number of nitrogens with zero attached hydrogens (tertiary/aromatic N) is 2. The van der Waals surface area contributed by atoms with Gasteiger partial charge in [0, 0.05) is 23.4 Å². The van der Waals surface area contributed by atoms with Gasteiger partial charge in [0.1, 0.15) is 0 Å². The number of hydrogen-bond donors (Lipinski definition) is 2. The van der Waals surface area contributed by atoms with Gasteiger partial charge in [-0.25, -0.2) is 0 Å². The molecule has 0 radical (unpaired) electrons. The summed E-state index contributed by atoms with van der Waals surface area (Å²) >= 11 is 0. The molecule has 2 heterocycles. The van der Waals surface area contributed by atoms with Crippen molar-refractivity contribution in [1.29, 1.82) is 0 Å². The molecule has 1 aromatic carbocycles. The lowest BCUT2D eigenvalue weighted by Crippen LogP contribution is -2.24. The quantitative estimate of drug-likeness (QED) is 0.863. The van der Waals surface area contributed by atoms with Crippen LogP contribution in [0.25, 0.3) is 10.8 Å². The number of fused-ring (bicyclic) bond motifs is 1. The van der Waals surface area contributed by atoms with Crippen molar-refractivity contribution in [1.82, 2.24) is 15.5 Å². The van der Waals surface area contributed by atoms with E-state index in [1.165, 1.54) is 19.4 Å². The van der Waals surface area contributed by atoms with E-state index >= 15 is 0 Å². The normalized spacial score (nSPS) is 19.2. The Morgan fingerprint density at radius 2 is 2.28 bits per heavy atom. The zero-order chi connectivity index (χ0) is 12.2. The van der Waals surface area contributed by atoms with Crippen LogP contribution in [0.4, 0.5) is 5.82 Å². The van der Waals surface area contributed by atoms with Crippen molar-refractivity contribution in [2.45, 2.75) is 25.3 Å². The Hall–Kier alpha value is -1.68. The zero-order valence-electron chi connectivity index (χ0n) is 10.4. The summed E-state index contributed by atoms with van der Waals surface area (Å²) in [5.41, 5.74) is 0. The second kappa shape index (κ2) is 5.31. The van der Waals surface area contributed by atoms with Crippen LogP contribution in [0.5, 0.6) is 0 Å². The SMILES string of the molecule is c1ccc2c(NCCC3CCCN3)nncc2c1. The molecule has 1 aliphatic heterocycles. The minimum absolute atomic E-state index is 0.667. The fourth-order valence-electron chi connectivity index (χ4n) is 2.53. The first-order valence-corrected chi connectivity index (χ1v) is 6.61. The molecule has 2 N–H and O–H groups in total. The molecule has 4 nitrogen and oxygen atoms in total. The van der Waals surface area contributed by atoms with Crippen LogP contribution in [0.1, 0.15) is 19.3 Å². The van der Waals surface area contributed by atoms with Crippen molar-refractivity contribution in [3.05, 3.63) is 30.5 Å². The fraction of sp³-hybridized carbons (Fsp3) is 0.429. The maximum Gasteiger partial charge on any atom is 0.156 e. The lowest BCUT2D eigenvalue weighted by atomic mass is 10.1. The topological polar surface area (TPSA) is 49.8 Å². The number of aromatic nitrogens is 2. The predicted octanol–water partition coefficient (Wildman–Crippen LogP) is 2.18. The molecule has 1 aliphatic rings. The predicted molar refractivity (Wildman–Crippen MR) is 73.7 cm³/mol. The van der Waals surface area contributed by atoms with E-state index in [1.54, 1.807) is 6.20 Å². The first-order chi connectivity index (χ1) is 8.93. The second-order valence-electron chi connectivity index (χ2n) is 4.79. The van der Waals surface area contributed by atoms with E-state index in [9.17, 15) is 0 Å². The van der Waals surface area contributed by atoms with Gasteiger partial charge in [-0.15, -0.1) is 5.10 Å². The smallest absolute Gasteiger partial charge is 0.156 e. The van der Waals surface area contributed by atoms with Gasteiger partial charge < -0.3 is 10.6 Å². The van der Waals surface area contributed by atoms with E-state index < -0.39 is 0 Å². The van der Waals surface area contributed by atoms with Crippen molar-refractivity contribution < 1.29 is 0 Å². The van der Waals surface area contributed by atoms with Crippen LogP contribution in [0.2, 0.25) is 0 Å². The first-order valence-electron chi connectivity index (χ1n) is 6.61.